The van der Waals surface area contributed by atoms with Crippen LogP contribution in [-0.4, -0.2) is 26.7 Å². The minimum atomic E-state index is 0.253. The molecule has 0 spiro atoms. The van der Waals surface area contributed by atoms with Crippen LogP contribution < -0.4 is 5.32 Å². The zero-order chi connectivity index (χ0) is 18.6. The van der Waals surface area contributed by atoms with Crippen LogP contribution in [0.3, 0.4) is 0 Å². The van der Waals surface area contributed by atoms with Crippen molar-refractivity contribution >= 4 is 11.6 Å². The van der Waals surface area contributed by atoms with Gasteiger partial charge in [0, 0.05) is 38.8 Å². The van der Waals surface area contributed by atoms with Crippen LogP contribution in [-0.2, 0) is 24.4 Å². The van der Waals surface area contributed by atoms with E-state index in [9.17, 15) is 4.79 Å². The molecule has 0 unspecified atom stereocenters. The Morgan fingerprint density at radius 2 is 2.07 bits per heavy atom. The lowest BCUT2D eigenvalue weighted by atomic mass is 10.1. The number of benzene rings is 1. The zero-order valence-corrected chi connectivity index (χ0v) is 15.1. The van der Waals surface area contributed by atoms with Crippen molar-refractivity contribution in [2.24, 2.45) is 0 Å². The first-order valence-electron chi connectivity index (χ1n) is 9.15. The molecule has 4 rings (SSSR count). The third kappa shape index (κ3) is 3.83. The summed E-state index contributed by atoms with van der Waals surface area (Å²) in [7, 11) is 0. The molecular formula is C21H21N5O. The maximum absolute atomic E-state index is 11.8. The SMILES string of the molecule is N#Cc1ccc2ncc(CNCc3cccc(CN4CCCC4=O)c3)n2c1. The van der Waals surface area contributed by atoms with Gasteiger partial charge in [0.15, 0.2) is 0 Å². The number of pyridine rings is 1. The second-order valence-corrected chi connectivity index (χ2v) is 6.85. The number of fused-ring (bicyclic) bond motifs is 1. The highest BCUT2D eigenvalue weighted by Crippen LogP contribution is 2.15. The summed E-state index contributed by atoms with van der Waals surface area (Å²) >= 11 is 0. The van der Waals surface area contributed by atoms with Gasteiger partial charge in [-0.25, -0.2) is 4.98 Å². The molecule has 6 nitrogen and oxygen atoms in total. The molecule has 1 N–H and O–H groups in total. The van der Waals surface area contributed by atoms with Crippen LogP contribution in [0.5, 0.6) is 0 Å². The number of rotatable bonds is 6. The Hall–Kier alpha value is -3.17. The van der Waals surface area contributed by atoms with Gasteiger partial charge >= 0.3 is 0 Å². The zero-order valence-electron chi connectivity index (χ0n) is 15.1. The molecule has 2 aromatic heterocycles. The van der Waals surface area contributed by atoms with E-state index in [1.165, 1.54) is 5.56 Å². The smallest absolute Gasteiger partial charge is 0.222 e. The predicted octanol–water partition coefficient (Wildman–Crippen LogP) is 2.62. The molecule has 0 atom stereocenters. The van der Waals surface area contributed by atoms with E-state index in [-0.39, 0.29) is 5.91 Å². The molecular weight excluding hydrogens is 338 g/mol. The fourth-order valence-corrected chi connectivity index (χ4v) is 3.49. The summed E-state index contributed by atoms with van der Waals surface area (Å²) in [5.74, 6) is 0.253. The van der Waals surface area contributed by atoms with Crippen LogP contribution >= 0.6 is 0 Å². The fraction of sp³-hybridized carbons (Fsp3) is 0.286. The van der Waals surface area contributed by atoms with Crippen LogP contribution in [0.15, 0.2) is 48.8 Å². The average Bonchev–Trinajstić information content (AvgIpc) is 3.28. The minimum absolute atomic E-state index is 0.253. The van der Waals surface area contributed by atoms with Gasteiger partial charge in [-0.05, 0) is 29.7 Å². The highest BCUT2D eigenvalue weighted by atomic mass is 16.2. The van der Waals surface area contributed by atoms with Crippen LogP contribution in [0.2, 0.25) is 0 Å². The van der Waals surface area contributed by atoms with E-state index in [0.29, 0.717) is 25.1 Å². The van der Waals surface area contributed by atoms with Crippen molar-refractivity contribution in [3.05, 3.63) is 71.2 Å². The van der Waals surface area contributed by atoms with Gasteiger partial charge in [-0.1, -0.05) is 24.3 Å². The molecule has 1 amide bonds. The maximum atomic E-state index is 11.8. The number of likely N-dealkylation sites (tertiary alicyclic amines) is 1. The Balaban J connectivity index is 1.39. The van der Waals surface area contributed by atoms with E-state index < -0.39 is 0 Å². The van der Waals surface area contributed by atoms with Crippen LogP contribution in [0.25, 0.3) is 5.65 Å². The molecule has 0 bridgehead atoms. The Bertz CT molecular complexity index is 1020. The summed E-state index contributed by atoms with van der Waals surface area (Å²) in [5.41, 5.74) is 4.82. The number of hydrogen-bond acceptors (Lipinski definition) is 4. The van der Waals surface area contributed by atoms with Crippen molar-refractivity contribution in [2.45, 2.75) is 32.5 Å². The molecule has 1 aliphatic rings. The normalized spacial score (nSPS) is 14.0. The lowest BCUT2D eigenvalue weighted by Gasteiger charge is -2.16. The predicted molar refractivity (Wildman–Crippen MR) is 102 cm³/mol. The largest absolute Gasteiger partial charge is 0.338 e. The molecule has 1 saturated heterocycles. The van der Waals surface area contributed by atoms with Gasteiger partial charge < -0.3 is 14.6 Å². The Morgan fingerprint density at radius 1 is 1.19 bits per heavy atom. The fourth-order valence-electron chi connectivity index (χ4n) is 3.49. The summed E-state index contributed by atoms with van der Waals surface area (Å²) < 4.78 is 1.95. The molecule has 136 valence electrons. The van der Waals surface area contributed by atoms with E-state index in [1.807, 2.05) is 33.8 Å². The van der Waals surface area contributed by atoms with Gasteiger partial charge in [-0.2, -0.15) is 5.26 Å². The van der Waals surface area contributed by atoms with Gasteiger partial charge in [-0.15, -0.1) is 0 Å². The molecule has 1 fully saturated rings. The van der Waals surface area contributed by atoms with Gasteiger partial charge in [0.2, 0.25) is 5.91 Å². The van der Waals surface area contributed by atoms with Crippen molar-refractivity contribution < 1.29 is 4.79 Å². The summed E-state index contributed by atoms with van der Waals surface area (Å²) in [6, 6.07) is 14.1. The monoisotopic (exact) mass is 359 g/mol. The Kier molecular flexibility index (Phi) is 4.86. The Morgan fingerprint density at radius 3 is 2.89 bits per heavy atom. The molecule has 1 aromatic carbocycles. The first kappa shape index (κ1) is 17.3. The lowest BCUT2D eigenvalue weighted by molar-refractivity contribution is -0.128. The number of nitrogens with one attached hydrogen (secondary N) is 1. The molecule has 0 radical (unpaired) electrons. The van der Waals surface area contributed by atoms with Gasteiger partial charge in [0.25, 0.3) is 0 Å². The number of carbonyl (C=O) groups is 1. The average molecular weight is 359 g/mol. The van der Waals surface area contributed by atoms with E-state index >= 15 is 0 Å². The van der Waals surface area contributed by atoms with Crippen molar-refractivity contribution in [1.82, 2.24) is 19.6 Å². The minimum Gasteiger partial charge on any atom is -0.338 e. The number of carbonyl (C=O) groups excluding carboxylic acids is 1. The maximum Gasteiger partial charge on any atom is 0.222 e. The summed E-state index contributed by atoms with van der Waals surface area (Å²) in [5, 5.41) is 12.5. The van der Waals surface area contributed by atoms with Crippen molar-refractivity contribution in [3.63, 3.8) is 0 Å². The van der Waals surface area contributed by atoms with Gasteiger partial charge in [0.05, 0.1) is 17.5 Å². The molecule has 3 aromatic rings. The molecule has 0 saturated carbocycles. The van der Waals surface area contributed by atoms with Crippen molar-refractivity contribution in [2.75, 3.05) is 6.54 Å². The third-order valence-corrected chi connectivity index (χ3v) is 4.88. The Labute approximate surface area is 158 Å². The topological polar surface area (TPSA) is 73.4 Å². The van der Waals surface area contributed by atoms with Crippen LogP contribution in [0.4, 0.5) is 0 Å². The molecule has 3 heterocycles. The molecule has 6 heteroatoms. The number of nitriles is 1. The van der Waals surface area contributed by atoms with E-state index in [1.54, 1.807) is 6.07 Å². The quantitative estimate of drug-likeness (QED) is 0.734. The first-order valence-corrected chi connectivity index (χ1v) is 9.15. The van der Waals surface area contributed by atoms with Crippen LogP contribution in [0, 0.1) is 11.3 Å². The second kappa shape index (κ2) is 7.60. The van der Waals surface area contributed by atoms with Gasteiger partial charge in [0.1, 0.15) is 11.7 Å². The van der Waals surface area contributed by atoms with Crippen LogP contribution in [0.1, 0.15) is 35.2 Å². The van der Waals surface area contributed by atoms with E-state index in [0.717, 1.165) is 36.4 Å². The lowest BCUT2D eigenvalue weighted by Crippen LogP contribution is -2.24. The van der Waals surface area contributed by atoms with E-state index in [4.69, 9.17) is 5.26 Å². The van der Waals surface area contributed by atoms with Crippen molar-refractivity contribution in [1.29, 1.82) is 5.26 Å². The number of hydrogen-bond donors (Lipinski definition) is 1. The summed E-state index contributed by atoms with van der Waals surface area (Å²) in [4.78, 5) is 18.1. The first-order chi connectivity index (χ1) is 13.2. The molecule has 0 aliphatic carbocycles. The summed E-state index contributed by atoms with van der Waals surface area (Å²) in [6.45, 7) is 2.94. The van der Waals surface area contributed by atoms with Crippen molar-refractivity contribution in [3.8, 4) is 6.07 Å². The summed E-state index contributed by atoms with van der Waals surface area (Å²) in [6.07, 6.45) is 5.28. The second-order valence-electron chi connectivity index (χ2n) is 6.85. The third-order valence-electron chi connectivity index (χ3n) is 4.88. The highest BCUT2D eigenvalue weighted by molar-refractivity contribution is 5.78. The highest BCUT2D eigenvalue weighted by Gasteiger charge is 2.19. The number of amides is 1. The number of aromatic nitrogens is 2. The van der Waals surface area contributed by atoms with E-state index in [2.05, 4.69) is 34.6 Å². The number of nitrogens with zero attached hydrogens (tertiary/aromatic N) is 4. The molecule has 1 aliphatic heterocycles. The number of imidazole rings is 1. The van der Waals surface area contributed by atoms with Gasteiger partial charge in [-0.3, -0.25) is 4.79 Å². The standard InChI is InChI=1S/C21H21N5O/c22-10-18-6-7-20-24-13-19(26(20)15-18)12-23-11-16-3-1-4-17(9-16)14-25-8-2-5-21(25)27/h1,3-4,6-7,9,13,15,23H,2,5,8,11-12,14H2. The molecule has 27 heavy (non-hydrogen) atoms.